The molecule has 1 amide bonds. The second-order valence-corrected chi connectivity index (χ2v) is 8.16. The zero-order chi connectivity index (χ0) is 16.3. The second kappa shape index (κ2) is 6.76. The van der Waals surface area contributed by atoms with Crippen LogP contribution >= 0.6 is 11.3 Å². The number of carbonyl (C=O) groups is 1. The summed E-state index contributed by atoms with van der Waals surface area (Å²) in [5.74, 6) is 0.272. The smallest absolute Gasteiger partial charge is 0.237 e. The van der Waals surface area contributed by atoms with Crippen molar-refractivity contribution in [2.75, 3.05) is 24.0 Å². The Kier molecular flexibility index (Phi) is 5.20. The monoisotopic (exact) mass is 337 g/mol. The fourth-order valence-electron chi connectivity index (χ4n) is 2.17. The molecule has 0 spiro atoms. The molecule has 0 N–H and O–H groups in total. The summed E-state index contributed by atoms with van der Waals surface area (Å²) in [6, 6.07) is 3.78. The van der Waals surface area contributed by atoms with Crippen molar-refractivity contribution in [3.05, 3.63) is 30.7 Å². The summed E-state index contributed by atoms with van der Waals surface area (Å²) in [6.07, 6.45) is 6.75. The van der Waals surface area contributed by atoms with E-state index >= 15 is 0 Å². The number of pyridine rings is 1. The Balaban J connectivity index is 2.18. The standard InChI is InChI=1S/C15H19N3O2S2/c1-15(2,10-22(4)20)14(19)18(3)12-9-17-13(21-12)11-6-5-7-16-8-11/h5-9H,10H2,1-4H3. The van der Waals surface area contributed by atoms with Gasteiger partial charge in [-0.25, -0.2) is 4.98 Å². The van der Waals surface area contributed by atoms with Gasteiger partial charge < -0.3 is 9.45 Å². The lowest BCUT2D eigenvalue weighted by Gasteiger charge is -2.27. The van der Waals surface area contributed by atoms with E-state index in [2.05, 4.69) is 9.97 Å². The van der Waals surface area contributed by atoms with Crippen LogP contribution in [0.15, 0.2) is 30.7 Å². The first kappa shape index (κ1) is 16.9. The largest absolute Gasteiger partial charge is 0.617 e. The molecule has 2 heterocycles. The molecular formula is C15H19N3O2S2. The maximum atomic E-state index is 12.6. The van der Waals surface area contributed by atoms with E-state index in [1.54, 1.807) is 36.8 Å². The quantitative estimate of drug-likeness (QED) is 0.786. The van der Waals surface area contributed by atoms with Crippen molar-refractivity contribution < 1.29 is 9.35 Å². The average Bonchev–Trinajstić information content (AvgIpc) is 2.95. The number of anilines is 1. The van der Waals surface area contributed by atoms with Crippen molar-refractivity contribution >= 4 is 33.4 Å². The molecule has 0 aliphatic carbocycles. The fourth-order valence-corrected chi connectivity index (χ4v) is 4.17. The highest BCUT2D eigenvalue weighted by atomic mass is 32.2. The summed E-state index contributed by atoms with van der Waals surface area (Å²) in [6.45, 7) is 3.63. The van der Waals surface area contributed by atoms with Gasteiger partial charge in [-0.15, -0.1) is 0 Å². The van der Waals surface area contributed by atoms with E-state index in [9.17, 15) is 9.35 Å². The lowest BCUT2D eigenvalue weighted by Crippen LogP contribution is -2.42. The first-order valence-electron chi connectivity index (χ1n) is 6.75. The van der Waals surface area contributed by atoms with Gasteiger partial charge in [0.15, 0.2) is 0 Å². The minimum Gasteiger partial charge on any atom is -0.617 e. The summed E-state index contributed by atoms with van der Waals surface area (Å²) in [5.41, 5.74) is 0.251. The third-order valence-electron chi connectivity index (χ3n) is 3.18. The molecule has 1 atom stereocenters. The predicted octanol–water partition coefficient (Wildman–Crippen LogP) is 2.57. The Morgan fingerprint density at radius 3 is 2.77 bits per heavy atom. The molecule has 0 saturated heterocycles. The summed E-state index contributed by atoms with van der Waals surface area (Å²) < 4.78 is 11.4. The highest BCUT2D eigenvalue weighted by Crippen LogP contribution is 2.32. The average molecular weight is 337 g/mol. The van der Waals surface area contributed by atoms with Gasteiger partial charge in [0.2, 0.25) is 5.91 Å². The van der Waals surface area contributed by atoms with E-state index in [-0.39, 0.29) is 5.91 Å². The van der Waals surface area contributed by atoms with E-state index in [1.807, 2.05) is 26.0 Å². The molecule has 0 aliphatic rings. The molecule has 1 unspecified atom stereocenters. The van der Waals surface area contributed by atoms with Gasteiger partial charge in [-0.05, 0) is 26.0 Å². The number of nitrogens with zero attached hydrogens (tertiary/aromatic N) is 3. The zero-order valence-electron chi connectivity index (χ0n) is 13.1. The molecule has 2 aromatic rings. The maximum Gasteiger partial charge on any atom is 0.237 e. The van der Waals surface area contributed by atoms with Gasteiger partial charge in [0.25, 0.3) is 0 Å². The Labute approximate surface area is 137 Å². The van der Waals surface area contributed by atoms with Crippen molar-refractivity contribution in [1.82, 2.24) is 9.97 Å². The van der Waals surface area contributed by atoms with Crippen LogP contribution in [0.5, 0.6) is 0 Å². The van der Waals surface area contributed by atoms with Crippen LogP contribution in [0, 0.1) is 5.41 Å². The van der Waals surface area contributed by atoms with E-state index in [1.165, 1.54) is 11.3 Å². The Hall–Kier alpha value is -1.44. The molecule has 7 heteroatoms. The molecule has 0 aromatic carbocycles. The van der Waals surface area contributed by atoms with Gasteiger partial charge >= 0.3 is 0 Å². The van der Waals surface area contributed by atoms with Crippen molar-refractivity contribution in [3.8, 4) is 10.6 Å². The molecule has 22 heavy (non-hydrogen) atoms. The summed E-state index contributed by atoms with van der Waals surface area (Å²) in [4.78, 5) is 22.6. The van der Waals surface area contributed by atoms with Gasteiger partial charge in [-0.2, -0.15) is 0 Å². The highest BCUT2D eigenvalue weighted by molar-refractivity contribution is 7.90. The van der Waals surface area contributed by atoms with Crippen molar-refractivity contribution in [2.24, 2.45) is 5.41 Å². The topological polar surface area (TPSA) is 69.2 Å². The molecule has 2 aromatic heterocycles. The van der Waals surface area contributed by atoms with Gasteiger partial charge in [0.1, 0.15) is 15.8 Å². The number of thiazole rings is 1. The van der Waals surface area contributed by atoms with Crippen LogP contribution < -0.4 is 4.90 Å². The number of hydrogen-bond acceptors (Lipinski definition) is 5. The van der Waals surface area contributed by atoms with Crippen LogP contribution in [0.1, 0.15) is 13.8 Å². The number of rotatable bonds is 5. The van der Waals surface area contributed by atoms with Crippen LogP contribution in [-0.4, -0.2) is 39.5 Å². The molecular weight excluding hydrogens is 318 g/mol. The van der Waals surface area contributed by atoms with E-state index in [0.29, 0.717) is 5.75 Å². The summed E-state index contributed by atoms with van der Waals surface area (Å²) in [7, 11) is 1.73. The van der Waals surface area contributed by atoms with Crippen molar-refractivity contribution in [1.29, 1.82) is 0 Å². The van der Waals surface area contributed by atoms with E-state index < -0.39 is 16.6 Å². The Morgan fingerprint density at radius 1 is 1.45 bits per heavy atom. The van der Waals surface area contributed by atoms with Gasteiger partial charge in [-0.1, -0.05) is 22.5 Å². The molecule has 5 nitrogen and oxygen atoms in total. The number of hydrogen-bond donors (Lipinski definition) is 0. The Bertz CT molecular complexity index is 641. The highest BCUT2D eigenvalue weighted by Gasteiger charge is 2.35. The second-order valence-electron chi connectivity index (χ2n) is 5.71. The summed E-state index contributed by atoms with van der Waals surface area (Å²) >= 11 is 0.415. The molecule has 0 radical (unpaired) electrons. The third kappa shape index (κ3) is 3.85. The van der Waals surface area contributed by atoms with Gasteiger partial charge in [0, 0.05) is 25.0 Å². The molecule has 0 bridgehead atoms. The lowest BCUT2D eigenvalue weighted by molar-refractivity contribution is -0.125. The number of aromatic nitrogens is 2. The normalized spacial score (nSPS) is 13.0. The van der Waals surface area contributed by atoms with E-state index in [0.717, 1.165) is 15.6 Å². The van der Waals surface area contributed by atoms with Crippen molar-refractivity contribution in [3.63, 3.8) is 0 Å². The predicted molar refractivity (Wildman–Crippen MR) is 91.5 cm³/mol. The molecule has 0 fully saturated rings. The van der Waals surface area contributed by atoms with E-state index in [4.69, 9.17) is 0 Å². The van der Waals surface area contributed by atoms with Gasteiger partial charge in [0.05, 0.1) is 17.9 Å². The van der Waals surface area contributed by atoms with Crippen LogP contribution in [0.25, 0.3) is 10.6 Å². The van der Waals surface area contributed by atoms with Crippen LogP contribution in [0.4, 0.5) is 5.00 Å². The maximum absolute atomic E-state index is 12.6. The first-order valence-corrected chi connectivity index (χ1v) is 9.30. The zero-order valence-corrected chi connectivity index (χ0v) is 14.7. The molecule has 0 aliphatic heterocycles. The fraction of sp³-hybridized carbons (Fsp3) is 0.400. The molecule has 2 rings (SSSR count). The van der Waals surface area contributed by atoms with Crippen LogP contribution in [0.2, 0.25) is 0 Å². The minimum atomic E-state index is -1.02. The molecule has 0 saturated carbocycles. The summed E-state index contributed by atoms with van der Waals surface area (Å²) in [5, 5.41) is 1.58. The van der Waals surface area contributed by atoms with Crippen LogP contribution in [-0.2, 0) is 16.0 Å². The Morgan fingerprint density at radius 2 is 2.18 bits per heavy atom. The van der Waals surface area contributed by atoms with Crippen LogP contribution in [0.3, 0.4) is 0 Å². The first-order chi connectivity index (χ1) is 10.3. The minimum absolute atomic E-state index is 0.0657. The number of amides is 1. The number of carbonyl (C=O) groups excluding carboxylic acids is 1. The SMILES string of the molecule is CN(C(=O)C(C)(C)C[S+](C)[O-])c1cnc(-c2cccnc2)s1. The van der Waals surface area contributed by atoms with Gasteiger partial charge in [-0.3, -0.25) is 9.78 Å². The van der Waals surface area contributed by atoms with Crippen molar-refractivity contribution in [2.45, 2.75) is 13.8 Å². The lowest BCUT2D eigenvalue weighted by atomic mass is 9.94. The third-order valence-corrected chi connectivity index (χ3v) is 5.43. The molecule has 118 valence electrons.